The van der Waals surface area contributed by atoms with E-state index in [0.717, 1.165) is 28.2 Å². The fraction of sp³-hybridized carbons (Fsp3) is 0.233. The average Bonchev–Trinajstić information content (AvgIpc) is 3.38. The first-order valence-electron chi connectivity index (χ1n) is 12.5. The number of aryl methyl sites for hydroxylation is 1. The summed E-state index contributed by atoms with van der Waals surface area (Å²) in [5.41, 5.74) is 4.91. The number of methoxy groups -OCH3 is 1. The minimum absolute atomic E-state index is 0.207. The fourth-order valence-corrected chi connectivity index (χ4v) is 5.99. The van der Waals surface area contributed by atoms with E-state index in [1.165, 1.54) is 23.5 Å². The first-order valence-corrected chi connectivity index (χ1v) is 13.3. The van der Waals surface area contributed by atoms with Crippen LogP contribution >= 0.6 is 11.3 Å². The zero-order valence-corrected chi connectivity index (χ0v) is 23.1. The third-order valence-electron chi connectivity index (χ3n) is 6.79. The minimum Gasteiger partial charge on any atom is -0.497 e. The summed E-state index contributed by atoms with van der Waals surface area (Å²) < 4.78 is 28.2. The summed E-state index contributed by atoms with van der Waals surface area (Å²) in [7, 11) is 1.58. The number of esters is 1. The number of thiazole rings is 1. The van der Waals surface area contributed by atoms with Gasteiger partial charge in [-0.25, -0.2) is 14.2 Å². The number of hydrogen-bond donors (Lipinski definition) is 0. The van der Waals surface area contributed by atoms with Gasteiger partial charge < -0.3 is 14.0 Å². The van der Waals surface area contributed by atoms with Gasteiger partial charge in [0.1, 0.15) is 11.6 Å². The van der Waals surface area contributed by atoms with Crippen molar-refractivity contribution < 1.29 is 18.7 Å². The molecule has 2 aromatic heterocycles. The Morgan fingerprint density at radius 3 is 2.44 bits per heavy atom. The number of carbonyl (C=O) groups is 1. The number of hydrogen-bond acceptors (Lipinski definition) is 6. The predicted molar refractivity (Wildman–Crippen MR) is 149 cm³/mol. The van der Waals surface area contributed by atoms with E-state index < -0.39 is 12.0 Å². The monoisotopic (exact) mass is 545 g/mol. The van der Waals surface area contributed by atoms with Gasteiger partial charge in [0.15, 0.2) is 4.80 Å². The molecule has 0 bridgehead atoms. The average molecular weight is 546 g/mol. The number of rotatable bonds is 6. The maximum Gasteiger partial charge on any atom is 0.338 e. The summed E-state index contributed by atoms with van der Waals surface area (Å²) in [6.07, 6.45) is 1.85. The molecule has 39 heavy (non-hydrogen) atoms. The van der Waals surface area contributed by atoms with Crippen molar-refractivity contribution in [3.8, 4) is 11.4 Å². The number of aromatic nitrogens is 2. The van der Waals surface area contributed by atoms with Crippen molar-refractivity contribution in [3.63, 3.8) is 0 Å². The van der Waals surface area contributed by atoms with E-state index in [0.29, 0.717) is 26.4 Å². The molecule has 0 radical (unpaired) electrons. The molecule has 0 unspecified atom stereocenters. The number of benzene rings is 2. The normalized spacial score (nSPS) is 15.2. The number of allylic oxidation sites excluding steroid dienone is 1. The summed E-state index contributed by atoms with van der Waals surface area (Å²) in [4.78, 5) is 32.1. The fourth-order valence-electron chi connectivity index (χ4n) is 4.96. The Morgan fingerprint density at radius 2 is 1.79 bits per heavy atom. The molecule has 2 aromatic carbocycles. The molecule has 7 nitrogen and oxygen atoms in total. The summed E-state index contributed by atoms with van der Waals surface area (Å²) in [5, 5.41) is 0. The molecule has 0 fully saturated rings. The van der Waals surface area contributed by atoms with E-state index in [1.807, 2.05) is 42.7 Å². The van der Waals surface area contributed by atoms with Gasteiger partial charge in [0, 0.05) is 17.1 Å². The summed E-state index contributed by atoms with van der Waals surface area (Å²) in [5.74, 6) is -0.135. The second-order valence-corrected chi connectivity index (χ2v) is 10.2. The van der Waals surface area contributed by atoms with Crippen LogP contribution in [0, 0.1) is 19.7 Å². The second kappa shape index (κ2) is 10.5. The molecular formula is C30H28FN3O4S. The molecule has 1 aliphatic heterocycles. The SMILES string of the molecule is CCOC(=O)C1=C(C)N=c2s/c(=C\c3cc(C)n(-c4ccc(F)cc4)c3C)c(=O)n2[C@H]1c1ccc(OC)cc1. The van der Waals surface area contributed by atoms with Crippen LogP contribution in [0.3, 0.4) is 0 Å². The van der Waals surface area contributed by atoms with Crippen LogP contribution in [0.4, 0.5) is 4.39 Å². The van der Waals surface area contributed by atoms with Crippen molar-refractivity contribution in [1.82, 2.24) is 9.13 Å². The lowest BCUT2D eigenvalue weighted by atomic mass is 9.96. The van der Waals surface area contributed by atoms with Crippen molar-refractivity contribution >= 4 is 23.4 Å². The maximum absolute atomic E-state index is 13.9. The van der Waals surface area contributed by atoms with Crippen molar-refractivity contribution in [2.45, 2.75) is 33.7 Å². The van der Waals surface area contributed by atoms with Gasteiger partial charge in [0.25, 0.3) is 5.56 Å². The van der Waals surface area contributed by atoms with Gasteiger partial charge in [0.05, 0.1) is 35.6 Å². The topological polar surface area (TPSA) is 74.8 Å². The first-order chi connectivity index (χ1) is 18.7. The Bertz CT molecular complexity index is 1780. The predicted octanol–water partition coefficient (Wildman–Crippen LogP) is 4.35. The van der Waals surface area contributed by atoms with Gasteiger partial charge in [0.2, 0.25) is 0 Å². The third-order valence-corrected chi connectivity index (χ3v) is 7.77. The van der Waals surface area contributed by atoms with Gasteiger partial charge in [-0.15, -0.1) is 0 Å². The van der Waals surface area contributed by atoms with E-state index in [4.69, 9.17) is 9.47 Å². The molecule has 0 aliphatic carbocycles. The molecule has 200 valence electrons. The molecule has 0 spiro atoms. The minimum atomic E-state index is -0.694. The molecule has 1 atom stereocenters. The Hall–Kier alpha value is -4.24. The lowest BCUT2D eigenvalue weighted by Crippen LogP contribution is -2.39. The van der Waals surface area contributed by atoms with Crippen LogP contribution in [0.2, 0.25) is 0 Å². The molecule has 0 N–H and O–H groups in total. The van der Waals surface area contributed by atoms with Gasteiger partial charge in [-0.1, -0.05) is 23.5 Å². The molecular weight excluding hydrogens is 517 g/mol. The van der Waals surface area contributed by atoms with E-state index in [1.54, 1.807) is 49.8 Å². The number of ether oxygens (including phenoxy) is 2. The zero-order chi connectivity index (χ0) is 27.8. The molecule has 5 rings (SSSR count). The molecule has 1 aliphatic rings. The molecule has 0 saturated carbocycles. The third kappa shape index (κ3) is 4.74. The van der Waals surface area contributed by atoms with Crippen LogP contribution in [0.1, 0.15) is 42.4 Å². The molecule has 9 heteroatoms. The summed E-state index contributed by atoms with van der Waals surface area (Å²) in [6.45, 7) is 7.64. The molecule has 3 heterocycles. The Balaban J connectivity index is 1.68. The Kier molecular flexibility index (Phi) is 7.10. The van der Waals surface area contributed by atoms with Crippen molar-refractivity contribution in [1.29, 1.82) is 0 Å². The highest BCUT2D eigenvalue weighted by Crippen LogP contribution is 2.31. The van der Waals surface area contributed by atoms with Gasteiger partial charge in [-0.05, 0) is 87.4 Å². The maximum atomic E-state index is 13.9. The highest BCUT2D eigenvalue weighted by Gasteiger charge is 2.33. The zero-order valence-electron chi connectivity index (χ0n) is 22.3. The highest BCUT2D eigenvalue weighted by molar-refractivity contribution is 7.07. The van der Waals surface area contributed by atoms with Crippen LogP contribution in [-0.4, -0.2) is 28.8 Å². The number of fused-ring (bicyclic) bond motifs is 1. The van der Waals surface area contributed by atoms with Crippen molar-refractivity contribution in [3.05, 3.63) is 114 Å². The van der Waals surface area contributed by atoms with Gasteiger partial charge >= 0.3 is 5.97 Å². The Morgan fingerprint density at radius 1 is 1.10 bits per heavy atom. The van der Waals surface area contributed by atoms with Crippen molar-refractivity contribution in [2.24, 2.45) is 4.99 Å². The lowest BCUT2D eigenvalue weighted by molar-refractivity contribution is -0.139. The van der Waals surface area contributed by atoms with Crippen LogP contribution < -0.4 is 19.6 Å². The molecule has 0 amide bonds. The Labute approximate surface area is 228 Å². The largest absolute Gasteiger partial charge is 0.497 e. The summed E-state index contributed by atoms with van der Waals surface area (Å²) >= 11 is 1.27. The quantitative estimate of drug-likeness (QED) is 0.338. The van der Waals surface area contributed by atoms with E-state index in [-0.39, 0.29) is 18.0 Å². The van der Waals surface area contributed by atoms with Crippen molar-refractivity contribution in [2.75, 3.05) is 13.7 Å². The first kappa shape index (κ1) is 26.4. The number of nitrogens with zero attached hydrogens (tertiary/aromatic N) is 3. The molecule has 4 aromatic rings. The number of halogens is 1. The second-order valence-electron chi connectivity index (χ2n) is 9.21. The van der Waals surface area contributed by atoms with Crippen LogP contribution in [-0.2, 0) is 9.53 Å². The number of carbonyl (C=O) groups excluding carboxylic acids is 1. The van der Waals surface area contributed by atoms with Crippen LogP contribution in [0.5, 0.6) is 5.75 Å². The van der Waals surface area contributed by atoms with E-state index >= 15 is 0 Å². The highest BCUT2D eigenvalue weighted by atomic mass is 32.1. The van der Waals surface area contributed by atoms with E-state index in [2.05, 4.69) is 4.99 Å². The van der Waals surface area contributed by atoms with Crippen LogP contribution in [0.15, 0.2) is 75.7 Å². The van der Waals surface area contributed by atoms with Crippen LogP contribution in [0.25, 0.3) is 11.8 Å². The van der Waals surface area contributed by atoms with E-state index in [9.17, 15) is 14.0 Å². The molecule has 0 saturated heterocycles. The summed E-state index contributed by atoms with van der Waals surface area (Å²) in [6, 6.07) is 14.9. The lowest BCUT2D eigenvalue weighted by Gasteiger charge is -2.24. The van der Waals surface area contributed by atoms with Gasteiger partial charge in [-0.3, -0.25) is 9.36 Å². The van der Waals surface area contributed by atoms with Gasteiger partial charge in [-0.2, -0.15) is 0 Å². The smallest absolute Gasteiger partial charge is 0.338 e. The standard InChI is InChI=1S/C30H28FN3O4S/c1-6-38-29(36)26-18(3)32-30-34(27(26)20-7-13-24(37-5)14-8-20)28(35)25(39-30)16-21-15-17(2)33(19(21)4)23-11-9-22(31)10-12-23/h7-16,27H,6H2,1-5H3/b25-16-/t27-/m0/s1.